The fourth-order valence-corrected chi connectivity index (χ4v) is 6.94. The third-order valence-electron chi connectivity index (χ3n) is 9.99. The number of benzene rings is 8. The third-order valence-corrected chi connectivity index (χ3v) is 9.99. The van der Waals surface area contributed by atoms with Crippen LogP contribution in [0.4, 0.5) is 0 Å². The topological polar surface area (TPSA) is 177 Å². The quantitative estimate of drug-likeness (QED) is 0.0609. The van der Waals surface area contributed by atoms with E-state index >= 15 is 0 Å². The average molecular weight is 989 g/mol. The van der Waals surface area contributed by atoms with Gasteiger partial charge in [0.15, 0.2) is 0 Å². The van der Waals surface area contributed by atoms with Crippen molar-refractivity contribution in [2.45, 2.75) is 52.5 Å². The summed E-state index contributed by atoms with van der Waals surface area (Å²) >= 11 is 0. The van der Waals surface area contributed by atoms with E-state index < -0.39 is 12.2 Å². The first-order valence-electron chi connectivity index (χ1n) is 23.4. The van der Waals surface area contributed by atoms with Crippen LogP contribution in [0.3, 0.4) is 0 Å². The van der Waals surface area contributed by atoms with Crippen LogP contribution in [-0.2, 0) is 45.4 Å². The van der Waals surface area contributed by atoms with E-state index in [-0.39, 0.29) is 52.9 Å². The van der Waals surface area contributed by atoms with E-state index in [1.807, 2.05) is 13.8 Å². The summed E-state index contributed by atoms with van der Waals surface area (Å²) in [7, 11) is 9.49. The molecule has 6 N–H and O–H groups in total. The first-order chi connectivity index (χ1) is 35.0. The highest BCUT2D eigenvalue weighted by Crippen LogP contribution is 2.28. The second-order valence-electron chi connectivity index (χ2n) is 16.2. The Morgan fingerprint density at radius 2 is 0.514 bits per heavy atom. The molecule has 0 spiro atoms. The Morgan fingerprint density at radius 3 is 0.667 bits per heavy atom. The molecule has 8 rings (SSSR count). The molecule has 12 heteroatoms. The van der Waals surface area contributed by atoms with Gasteiger partial charge in [-0.3, -0.25) is 0 Å². The molecule has 0 saturated heterocycles. The maximum atomic E-state index is 9.52. The minimum atomic E-state index is -0.741. The lowest BCUT2D eigenvalue weighted by Crippen LogP contribution is -2.23. The van der Waals surface area contributed by atoms with Gasteiger partial charge < -0.3 is 59.1 Å². The molecule has 0 saturated carbocycles. The monoisotopic (exact) mass is 989 g/mol. The standard InChI is InChI=1S/2C13H20O5.3C10H8.2C2H6O/c2*1-9-3-10(5-14)13(11(4-9)6-15)18-8-12(16)7-17-2;3*1-2-6-10-8-4-3-7-9(10)5-1;2*1-3-2/h2*3-4,12,14-16H,5-8H2,1-2H3;3*1-8H;2*1-2H3. The van der Waals surface area contributed by atoms with E-state index in [2.05, 4.69) is 155 Å². The molecule has 0 fully saturated rings. The summed E-state index contributed by atoms with van der Waals surface area (Å²) in [6, 6.07) is 57.3. The second kappa shape index (κ2) is 37.5. The van der Waals surface area contributed by atoms with Crippen molar-refractivity contribution in [3.63, 3.8) is 0 Å². The maximum absolute atomic E-state index is 9.52. The van der Waals surface area contributed by atoms with Crippen molar-refractivity contribution in [3.8, 4) is 11.5 Å². The van der Waals surface area contributed by atoms with Crippen LogP contribution in [0.25, 0.3) is 32.3 Å². The first kappa shape index (κ1) is 61.9. The number of aliphatic hydroxyl groups excluding tert-OH is 6. The van der Waals surface area contributed by atoms with Gasteiger partial charge in [-0.1, -0.05) is 181 Å². The molecule has 0 aliphatic rings. The van der Waals surface area contributed by atoms with Crippen molar-refractivity contribution in [3.05, 3.63) is 203 Å². The zero-order valence-corrected chi connectivity index (χ0v) is 43.1. The summed E-state index contributed by atoms with van der Waals surface area (Å²) in [5.74, 6) is 0.863. The second-order valence-corrected chi connectivity index (χ2v) is 16.2. The predicted octanol–water partition coefficient (Wildman–Crippen LogP) is 9.78. The Hall–Kier alpha value is -6.26. The summed E-state index contributed by atoms with van der Waals surface area (Å²) in [5, 5.41) is 64.0. The Balaban J connectivity index is 0.000000306. The number of ether oxygens (including phenoxy) is 6. The summed E-state index contributed by atoms with van der Waals surface area (Å²) in [4.78, 5) is 0. The van der Waals surface area contributed by atoms with Gasteiger partial charge in [-0.2, -0.15) is 0 Å². The molecule has 8 aromatic rings. The van der Waals surface area contributed by atoms with Crippen LogP contribution in [-0.4, -0.2) is 112 Å². The fraction of sp³-hybridized carbons (Fsp3) is 0.300. The van der Waals surface area contributed by atoms with E-state index in [1.165, 1.54) is 46.5 Å². The molecule has 0 aromatic heterocycles. The van der Waals surface area contributed by atoms with Crippen LogP contribution in [0.2, 0.25) is 0 Å². The highest BCUT2D eigenvalue weighted by atomic mass is 16.5. The lowest BCUT2D eigenvalue weighted by molar-refractivity contribution is 0.0314. The van der Waals surface area contributed by atoms with E-state index in [0.717, 1.165) is 11.1 Å². The van der Waals surface area contributed by atoms with Gasteiger partial charge in [-0.25, -0.2) is 0 Å². The van der Waals surface area contributed by atoms with Gasteiger partial charge in [-0.15, -0.1) is 0 Å². The van der Waals surface area contributed by atoms with Gasteiger partial charge in [-0.05, 0) is 46.2 Å². The number of aryl methyl sites for hydroxylation is 2. The minimum absolute atomic E-state index is 0.0525. The van der Waals surface area contributed by atoms with Gasteiger partial charge >= 0.3 is 0 Å². The Labute approximate surface area is 426 Å². The van der Waals surface area contributed by atoms with Crippen molar-refractivity contribution in [2.24, 2.45) is 0 Å². The molecule has 8 aromatic carbocycles. The first-order valence-corrected chi connectivity index (χ1v) is 23.4. The highest BCUT2D eigenvalue weighted by molar-refractivity contribution is 5.83. The third kappa shape index (κ3) is 23.3. The van der Waals surface area contributed by atoms with Gasteiger partial charge in [0.2, 0.25) is 0 Å². The lowest BCUT2D eigenvalue weighted by Gasteiger charge is -2.17. The fourth-order valence-electron chi connectivity index (χ4n) is 6.94. The van der Waals surface area contributed by atoms with Gasteiger partial charge in [0.25, 0.3) is 0 Å². The van der Waals surface area contributed by atoms with Crippen LogP contribution in [0.1, 0.15) is 33.4 Å². The summed E-state index contributed by atoms with van der Waals surface area (Å²) in [5.41, 5.74) is 4.28. The van der Waals surface area contributed by atoms with Crippen LogP contribution in [0, 0.1) is 13.8 Å². The lowest BCUT2D eigenvalue weighted by atomic mass is 10.1. The Morgan fingerprint density at radius 1 is 0.333 bits per heavy atom. The molecule has 12 nitrogen and oxygen atoms in total. The maximum Gasteiger partial charge on any atom is 0.130 e. The minimum Gasteiger partial charge on any atom is -0.490 e. The molecular formula is C60H76O12. The van der Waals surface area contributed by atoms with Crippen LogP contribution >= 0.6 is 0 Å². The Bertz CT molecular complexity index is 2160. The highest BCUT2D eigenvalue weighted by Gasteiger charge is 2.14. The van der Waals surface area contributed by atoms with Crippen molar-refractivity contribution < 1.29 is 59.1 Å². The van der Waals surface area contributed by atoms with Crippen molar-refractivity contribution >= 4 is 32.3 Å². The van der Waals surface area contributed by atoms with Crippen LogP contribution in [0.5, 0.6) is 11.5 Å². The number of aliphatic hydroxyl groups is 6. The van der Waals surface area contributed by atoms with E-state index in [9.17, 15) is 30.6 Å². The van der Waals surface area contributed by atoms with Crippen LogP contribution in [0.15, 0.2) is 170 Å². The van der Waals surface area contributed by atoms with Gasteiger partial charge in [0, 0.05) is 64.9 Å². The molecule has 0 amide bonds. The molecule has 2 unspecified atom stereocenters. The molecule has 72 heavy (non-hydrogen) atoms. The summed E-state index contributed by atoms with van der Waals surface area (Å²) in [6.07, 6.45) is -1.48. The van der Waals surface area contributed by atoms with E-state index in [1.54, 1.807) is 52.7 Å². The number of methoxy groups -OCH3 is 4. The van der Waals surface area contributed by atoms with Gasteiger partial charge in [0.05, 0.1) is 39.6 Å². The largest absolute Gasteiger partial charge is 0.490 e. The molecule has 0 bridgehead atoms. The van der Waals surface area contributed by atoms with Crippen molar-refractivity contribution in [1.29, 1.82) is 0 Å². The molecule has 2 atom stereocenters. The van der Waals surface area contributed by atoms with Crippen molar-refractivity contribution in [1.82, 2.24) is 0 Å². The molecule has 0 heterocycles. The predicted molar refractivity (Wildman–Crippen MR) is 291 cm³/mol. The number of hydrogen-bond acceptors (Lipinski definition) is 12. The molecule has 0 aliphatic heterocycles. The smallest absolute Gasteiger partial charge is 0.130 e. The number of rotatable bonds is 14. The SMILES string of the molecule is COC.COC.COCC(O)COc1c(CO)cc(C)cc1CO.COCC(O)COc1c(CO)cc(C)cc1CO.c1ccc2ccccc2c1.c1ccc2ccccc2c1.c1ccc2ccccc2c1. The molecule has 0 radical (unpaired) electrons. The number of hydrogen-bond donors (Lipinski definition) is 6. The number of fused-ring (bicyclic) bond motifs is 3. The normalized spacial score (nSPS) is 10.9. The van der Waals surface area contributed by atoms with Crippen LogP contribution < -0.4 is 9.47 Å². The molecular weight excluding hydrogens is 913 g/mol. The van der Waals surface area contributed by atoms with Crippen molar-refractivity contribution in [2.75, 3.05) is 69.1 Å². The van der Waals surface area contributed by atoms with E-state index in [0.29, 0.717) is 33.8 Å². The Kier molecular flexibility index (Phi) is 32.2. The molecule has 388 valence electrons. The summed E-state index contributed by atoms with van der Waals surface area (Å²) in [6.45, 7) is 3.50. The average Bonchev–Trinajstić information content (AvgIpc) is 3.41. The zero-order chi connectivity index (χ0) is 52.9. The molecule has 0 aliphatic carbocycles. The zero-order valence-electron chi connectivity index (χ0n) is 43.1. The van der Waals surface area contributed by atoms with E-state index in [4.69, 9.17) is 18.9 Å². The summed E-state index contributed by atoms with van der Waals surface area (Å²) < 4.78 is 29.0. The van der Waals surface area contributed by atoms with Gasteiger partial charge in [0.1, 0.15) is 36.9 Å².